The maximum absolute atomic E-state index is 12.1. The Labute approximate surface area is 136 Å². The van der Waals surface area contributed by atoms with Crippen molar-refractivity contribution >= 4 is 41.1 Å². The molecule has 0 heterocycles. The van der Waals surface area contributed by atoms with E-state index in [0.29, 0.717) is 5.62 Å². The number of nitrogens with one attached hydrogen (secondary N) is 1. The van der Waals surface area contributed by atoms with Crippen LogP contribution in [0.15, 0.2) is 0 Å². The van der Waals surface area contributed by atoms with Gasteiger partial charge in [-0.15, -0.1) is 0 Å². The molecule has 130 valence electrons. The van der Waals surface area contributed by atoms with Crippen LogP contribution in [0.25, 0.3) is 0 Å². The SMILES string of the molecule is CN(CC(=O)O)C(=O)C(CSC=O)NC(=O)CCC(N)C(=O)O. The van der Waals surface area contributed by atoms with Crippen LogP contribution in [0.1, 0.15) is 12.8 Å². The van der Waals surface area contributed by atoms with Gasteiger partial charge in [0.15, 0.2) is 5.62 Å². The summed E-state index contributed by atoms with van der Waals surface area (Å²) >= 11 is 0.743. The molecule has 0 aromatic carbocycles. The predicted octanol–water partition coefficient (Wildman–Crippen LogP) is -1.87. The molecule has 2 amide bonds. The number of hydrogen-bond acceptors (Lipinski definition) is 7. The topological polar surface area (TPSA) is 167 Å². The number of carbonyl (C=O) groups excluding carboxylic acids is 3. The van der Waals surface area contributed by atoms with Crippen LogP contribution in [0.5, 0.6) is 0 Å². The van der Waals surface area contributed by atoms with Gasteiger partial charge < -0.3 is 26.2 Å². The number of rotatable bonds is 11. The van der Waals surface area contributed by atoms with E-state index in [9.17, 15) is 24.0 Å². The number of aliphatic carboxylic acids is 2. The van der Waals surface area contributed by atoms with Crippen LogP contribution in [-0.2, 0) is 24.0 Å². The Morgan fingerprint density at radius 3 is 2.39 bits per heavy atom. The predicted molar refractivity (Wildman–Crippen MR) is 81.3 cm³/mol. The summed E-state index contributed by atoms with van der Waals surface area (Å²) < 4.78 is 0. The van der Waals surface area contributed by atoms with Gasteiger partial charge in [0.2, 0.25) is 11.8 Å². The molecule has 2 unspecified atom stereocenters. The van der Waals surface area contributed by atoms with E-state index in [0.717, 1.165) is 16.7 Å². The lowest BCUT2D eigenvalue weighted by Crippen LogP contribution is -2.50. The molecule has 0 aliphatic carbocycles. The third-order valence-corrected chi connectivity index (χ3v) is 3.37. The zero-order valence-corrected chi connectivity index (χ0v) is 13.2. The maximum atomic E-state index is 12.1. The van der Waals surface area contributed by atoms with E-state index < -0.39 is 42.4 Å². The highest BCUT2D eigenvalue weighted by Crippen LogP contribution is 2.04. The highest BCUT2D eigenvalue weighted by Gasteiger charge is 2.25. The van der Waals surface area contributed by atoms with E-state index in [4.69, 9.17) is 15.9 Å². The minimum atomic E-state index is -1.25. The van der Waals surface area contributed by atoms with Gasteiger partial charge in [0.1, 0.15) is 18.6 Å². The van der Waals surface area contributed by atoms with Crippen molar-refractivity contribution in [3.8, 4) is 0 Å². The lowest BCUT2D eigenvalue weighted by Gasteiger charge is -2.22. The number of carboxylic acids is 2. The normalized spacial score (nSPS) is 12.8. The van der Waals surface area contributed by atoms with Gasteiger partial charge in [-0.1, -0.05) is 11.8 Å². The largest absolute Gasteiger partial charge is 0.480 e. The fourth-order valence-corrected chi connectivity index (χ4v) is 2.03. The van der Waals surface area contributed by atoms with Crippen LogP contribution in [-0.4, -0.2) is 75.9 Å². The molecule has 2 atom stereocenters. The Kier molecular flexibility index (Phi) is 9.58. The van der Waals surface area contributed by atoms with Crippen molar-refractivity contribution in [2.45, 2.75) is 24.9 Å². The van der Waals surface area contributed by atoms with Crippen LogP contribution < -0.4 is 11.1 Å². The molecule has 0 radical (unpaired) electrons. The second-order valence-corrected chi connectivity index (χ2v) is 5.48. The molecule has 0 aliphatic rings. The van der Waals surface area contributed by atoms with Crippen LogP contribution in [0.2, 0.25) is 0 Å². The number of carbonyl (C=O) groups is 5. The lowest BCUT2D eigenvalue weighted by atomic mass is 10.1. The van der Waals surface area contributed by atoms with Crippen molar-refractivity contribution in [3.05, 3.63) is 0 Å². The second-order valence-electron chi connectivity index (χ2n) is 4.62. The van der Waals surface area contributed by atoms with Crippen LogP contribution in [0.3, 0.4) is 0 Å². The zero-order chi connectivity index (χ0) is 18.0. The van der Waals surface area contributed by atoms with Crippen molar-refractivity contribution < 1.29 is 34.2 Å². The molecule has 0 spiro atoms. The number of amides is 2. The Morgan fingerprint density at radius 2 is 1.91 bits per heavy atom. The molecule has 0 saturated heterocycles. The number of nitrogens with zero attached hydrogens (tertiary/aromatic N) is 1. The van der Waals surface area contributed by atoms with Crippen molar-refractivity contribution in [1.29, 1.82) is 0 Å². The molecule has 11 heteroatoms. The van der Waals surface area contributed by atoms with E-state index in [-0.39, 0.29) is 18.6 Å². The zero-order valence-electron chi connectivity index (χ0n) is 12.4. The van der Waals surface area contributed by atoms with Crippen molar-refractivity contribution in [1.82, 2.24) is 10.2 Å². The van der Waals surface area contributed by atoms with Crippen LogP contribution >= 0.6 is 11.8 Å². The quantitative estimate of drug-likeness (QED) is 0.312. The third-order valence-electron chi connectivity index (χ3n) is 2.71. The summed E-state index contributed by atoms with van der Waals surface area (Å²) in [6.45, 7) is -0.555. The second kappa shape index (κ2) is 10.6. The molecular formula is C12H19N3O7S. The molecule has 10 nitrogen and oxygen atoms in total. The fourth-order valence-electron chi connectivity index (χ4n) is 1.53. The van der Waals surface area contributed by atoms with Gasteiger partial charge in [-0.05, 0) is 6.42 Å². The summed E-state index contributed by atoms with van der Waals surface area (Å²) in [5, 5.41) is 19.6. The van der Waals surface area contributed by atoms with E-state index in [1.807, 2.05) is 0 Å². The smallest absolute Gasteiger partial charge is 0.323 e. The average molecular weight is 349 g/mol. The van der Waals surface area contributed by atoms with Crippen LogP contribution in [0.4, 0.5) is 0 Å². The Hall–Kier alpha value is -2.14. The van der Waals surface area contributed by atoms with Crippen molar-refractivity contribution in [2.24, 2.45) is 5.73 Å². The lowest BCUT2D eigenvalue weighted by molar-refractivity contribution is -0.144. The highest BCUT2D eigenvalue weighted by molar-refractivity contribution is 8.11. The fraction of sp³-hybridized carbons (Fsp3) is 0.583. The first-order valence-electron chi connectivity index (χ1n) is 6.48. The van der Waals surface area contributed by atoms with Crippen molar-refractivity contribution in [3.63, 3.8) is 0 Å². The Balaban J connectivity index is 4.67. The van der Waals surface area contributed by atoms with E-state index >= 15 is 0 Å². The minimum Gasteiger partial charge on any atom is -0.480 e. The summed E-state index contributed by atoms with van der Waals surface area (Å²) in [5.41, 5.74) is 5.76. The standard InChI is InChI=1S/C12H19N3O7S/c1-15(4-10(18)19)11(20)8(5-23-6-16)14-9(17)3-2-7(13)12(21)22/h6-8H,2-5,13H2,1H3,(H,14,17)(H,18,19)(H,21,22). The number of thioether (sulfide) groups is 1. The van der Waals surface area contributed by atoms with Gasteiger partial charge in [-0.25, -0.2) is 0 Å². The molecule has 0 fully saturated rings. The molecule has 0 bridgehead atoms. The van der Waals surface area contributed by atoms with Gasteiger partial charge in [0.25, 0.3) is 0 Å². The molecule has 0 aromatic heterocycles. The van der Waals surface area contributed by atoms with Gasteiger partial charge in [0.05, 0.1) is 0 Å². The third kappa shape index (κ3) is 8.78. The summed E-state index contributed by atoms with van der Waals surface area (Å²) in [7, 11) is 1.25. The summed E-state index contributed by atoms with van der Waals surface area (Å²) in [6.07, 6.45) is -0.334. The monoisotopic (exact) mass is 349 g/mol. The first-order chi connectivity index (χ1) is 10.7. The molecule has 0 aliphatic heterocycles. The maximum Gasteiger partial charge on any atom is 0.323 e. The van der Waals surface area contributed by atoms with Gasteiger partial charge in [-0.2, -0.15) is 0 Å². The van der Waals surface area contributed by atoms with Gasteiger partial charge in [-0.3, -0.25) is 24.0 Å². The molecule has 5 N–H and O–H groups in total. The number of nitrogens with two attached hydrogens (primary N) is 1. The van der Waals surface area contributed by atoms with Crippen molar-refractivity contribution in [2.75, 3.05) is 19.3 Å². The Morgan fingerprint density at radius 1 is 1.30 bits per heavy atom. The van der Waals surface area contributed by atoms with Gasteiger partial charge in [0, 0.05) is 19.2 Å². The molecule has 0 saturated carbocycles. The molecule has 0 rings (SSSR count). The molecule has 23 heavy (non-hydrogen) atoms. The minimum absolute atomic E-state index is 0.0665. The number of carboxylic acid groups (broad SMARTS) is 2. The average Bonchev–Trinajstić information content (AvgIpc) is 2.47. The highest BCUT2D eigenvalue weighted by atomic mass is 32.2. The summed E-state index contributed by atoms with van der Waals surface area (Å²) in [6, 6.07) is -2.29. The van der Waals surface area contributed by atoms with E-state index in [1.54, 1.807) is 0 Å². The van der Waals surface area contributed by atoms with Gasteiger partial charge >= 0.3 is 11.9 Å². The van der Waals surface area contributed by atoms with Crippen LogP contribution in [0, 0.1) is 0 Å². The Bertz CT molecular complexity index is 472. The number of hydrogen-bond donors (Lipinski definition) is 4. The number of likely N-dealkylation sites (N-methyl/N-ethyl adjacent to an activating group) is 1. The van der Waals surface area contributed by atoms with E-state index in [1.165, 1.54) is 7.05 Å². The summed E-state index contributed by atoms with van der Waals surface area (Å²) in [4.78, 5) is 56.3. The molecular weight excluding hydrogens is 330 g/mol. The first-order valence-corrected chi connectivity index (χ1v) is 7.53. The van der Waals surface area contributed by atoms with E-state index in [2.05, 4.69) is 5.32 Å². The first kappa shape index (κ1) is 20.9. The summed E-state index contributed by atoms with van der Waals surface area (Å²) in [5.74, 6) is -3.82. The molecule has 0 aromatic rings.